The zero-order chi connectivity index (χ0) is 24.5. The predicted octanol–water partition coefficient (Wildman–Crippen LogP) is 9.33. The molecule has 0 aromatic rings. The molecule has 4 rings (SSSR count). The standard InChI is InChI=1S/C33H57N/c1-7-26(23(2)3)9-8-10-27-12-14-30-29-13-11-28-22-25(21-24(4)17-20-34)15-18-33(28,6)31(29)16-19-32(27,30)5/h11,23,25-27,29-31H,4,7-10,12-22,34H2,1-3,5-6H3. The molecule has 3 saturated carbocycles. The summed E-state index contributed by atoms with van der Waals surface area (Å²) in [4.78, 5) is 0. The van der Waals surface area contributed by atoms with Crippen molar-refractivity contribution in [2.24, 2.45) is 58.0 Å². The second-order valence-electron chi connectivity index (χ2n) is 14.0. The molecule has 3 fully saturated rings. The summed E-state index contributed by atoms with van der Waals surface area (Å²) in [5.41, 5.74) is 10.1. The summed E-state index contributed by atoms with van der Waals surface area (Å²) in [6, 6.07) is 0. The summed E-state index contributed by atoms with van der Waals surface area (Å²) in [6.07, 6.45) is 22.3. The Morgan fingerprint density at radius 3 is 2.62 bits per heavy atom. The Labute approximate surface area is 212 Å². The lowest BCUT2D eigenvalue weighted by Crippen LogP contribution is -2.50. The molecule has 4 aliphatic carbocycles. The van der Waals surface area contributed by atoms with Gasteiger partial charge in [0.25, 0.3) is 0 Å². The van der Waals surface area contributed by atoms with E-state index in [0.29, 0.717) is 10.8 Å². The summed E-state index contributed by atoms with van der Waals surface area (Å²) >= 11 is 0. The first kappa shape index (κ1) is 26.5. The number of hydrogen-bond donors (Lipinski definition) is 1. The van der Waals surface area contributed by atoms with Crippen molar-refractivity contribution < 1.29 is 0 Å². The van der Waals surface area contributed by atoms with E-state index in [-0.39, 0.29) is 0 Å². The second kappa shape index (κ2) is 10.8. The molecular formula is C33H57N. The molecule has 8 atom stereocenters. The molecule has 8 unspecified atom stereocenters. The molecule has 0 amide bonds. The van der Waals surface area contributed by atoms with Gasteiger partial charge in [0.15, 0.2) is 0 Å². The molecule has 1 heteroatoms. The van der Waals surface area contributed by atoms with Crippen molar-refractivity contribution in [3.63, 3.8) is 0 Å². The van der Waals surface area contributed by atoms with E-state index < -0.39 is 0 Å². The number of nitrogens with two attached hydrogens (primary N) is 1. The van der Waals surface area contributed by atoms with E-state index in [0.717, 1.165) is 54.4 Å². The average Bonchev–Trinajstić information content (AvgIpc) is 3.13. The number of fused-ring (bicyclic) bond motifs is 5. The van der Waals surface area contributed by atoms with E-state index in [1.165, 1.54) is 89.0 Å². The average molecular weight is 468 g/mol. The number of rotatable bonds is 10. The fraction of sp³-hybridized carbons (Fsp3) is 0.879. The Hall–Kier alpha value is -0.560. The SMILES string of the molecule is C=C(CCN)CC1CCC2(C)C(=CCC3C2CCC2(C)C(CCCC(CC)C(C)C)CCC32)C1. The van der Waals surface area contributed by atoms with Gasteiger partial charge in [0.2, 0.25) is 0 Å². The minimum atomic E-state index is 0.486. The minimum absolute atomic E-state index is 0.486. The molecule has 0 spiro atoms. The predicted molar refractivity (Wildman–Crippen MR) is 149 cm³/mol. The topological polar surface area (TPSA) is 26.0 Å². The first-order valence-electron chi connectivity index (χ1n) is 15.3. The minimum Gasteiger partial charge on any atom is -0.330 e. The maximum atomic E-state index is 5.78. The van der Waals surface area contributed by atoms with Crippen LogP contribution in [0, 0.1) is 52.3 Å². The van der Waals surface area contributed by atoms with E-state index in [4.69, 9.17) is 5.73 Å². The zero-order valence-electron chi connectivity index (χ0n) is 23.5. The van der Waals surface area contributed by atoms with Crippen LogP contribution in [0.25, 0.3) is 0 Å². The van der Waals surface area contributed by atoms with Gasteiger partial charge in [-0.3, -0.25) is 0 Å². The van der Waals surface area contributed by atoms with Gasteiger partial charge in [0, 0.05) is 0 Å². The molecule has 34 heavy (non-hydrogen) atoms. The van der Waals surface area contributed by atoms with Crippen molar-refractivity contribution in [2.75, 3.05) is 6.54 Å². The molecule has 2 N–H and O–H groups in total. The molecule has 194 valence electrons. The van der Waals surface area contributed by atoms with Crippen LogP contribution >= 0.6 is 0 Å². The maximum Gasteiger partial charge on any atom is -0.00400 e. The molecule has 1 nitrogen and oxygen atoms in total. The van der Waals surface area contributed by atoms with Gasteiger partial charge in [-0.2, -0.15) is 0 Å². The molecule has 0 saturated heterocycles. The van der Waals surface area contributed by atoms with Gasteiger partial charge in [-0.25, -0.2) is 0 Å². The molecule has 0 aromatic carbocycles. The second-order valence-corrected chi connectivity index (χ2v) is 14.0. The first-order valence-corrected chi connectivity index (χ1v) is 15.3. The van der Waals surface area contributed by atoms with E-state index in [1.807, 2.05) is 5.57 Å². The smallest absolute Gasteiger partial charge is 0.00400 e. The highest BCUT2D eigenvalue weighted by atomic mass is 14.6. The lowest BCUT2D eigenvalue weighted by atomic mass is 9.46. The van der Waals surface area contributed by atoms with Crippen LogP contribution in [-0.4, -0.2) is 6.54 Å². The summed E-state index contributed by atoms with van der Waals surface area (Å²) in [7, 11) is 0. The summed E-state index contributed by atoms with van der Waals surface area (Å²) < 4.78 is 0. The Balaban J connectivity index is 1.40. The van der Waals surface area contributed by atoms with Gasteiger partial charge in [-0.15, -0.1) is 0 Å². The van der Waals surface area contributed by atoms with Crippen molar-refractivity contribution in [3.05, 3.63) is 23.8 Å². The van der Waals surface area contributed by atoms with Crippen LogP contribution in [0.3, 0.4) is 0 Å². The highest BCUT2D eigenvalue weighted by molar-refractivity contribution is 5.25. The zero-order valence-corrected chi connectivity index (χ0v) is 23.5. The third-order valence-corrected chi connectivity index (χ3v) is 12.1. The van der Waals surface area contributed by atoms with Gasteiger partial charge in [-0.1, -0.05) is 77.7 Å². The Bertz CT molecular complexity index is 733. The van der Waals surface area contributed by atoms with Crippen LogP contribution in [0.4, 0.5) is 0 Å². The van der Waals surface area contributed by atoms with Crippen LogP contribution < -0.4 is 5.73 Å². The summed E-state index contributed by atoms with van der Waals surface area (Å²) in [5.74, 6) is 6.49. The summed E-state index contributed by atoms with van der Waals surface area (Å²) in [6.45, 7) is 17.7. The van der Waals surface area contributed by atoms with Gasteiger partial charge in [0.1, 0.15) is 0 Å². The third-order valence-electron chi connectivity index (χ3n) is 12.1. The van der Waals surface area contributed by atoms with E-state index in [1.54, 1.807) is 0 Å². The van der Waals surface area contributed by atoms with Crippen LogP contribution in [0.2, 0.25) is 0 Å². The van der Waals surface area contributed by atoms with Crippen molar-refractivity contribution in [3.8, 4) is 0 Å². The van der Waals surface area contributed by atoms with Crippen molar-refractivity contribution in [1.82, 2.24) is 0 Å². The maximum absolute atomic E-state index is 5.78. The Kier molecular flexibility index (Phi) is 8.43. The van der Waals surface area contributed by atoms with Crippen LogP contribution in [0.15, 0.2) is 23.8 Å². The molecule has 0 radical (unpaired) electrons. The van der Waals surface area contributed by atoms with E-state index >= 15 is 0 Å². The van der Waals surface area contributed by atoms with Gasteiger partial charge in [0.05, 0.1) is 0 Å². The van der Waals surface area contributed by atoms with Crippen LogP contribution in [-0.2, 0) is 0 Å². The lowest BCUT2D eigenvalue weighted by Gasteiger charge is -2.58. The normalized spacial score (nSPS) is 40.3. The third kappa shape index (κ3) is 4.99. The van der Waals surface area contributed by atoms with E-state index in [9.17, 15) is 0 Å². The van der Waals surface area contributed by atoms with Crippen molar-refractivity contribution in [2.45, 2.75) is 125 Å². The highest BCUT2D eigenvalue weighted by Crippen LogP contribution is 2.67. The Morgan fingerprint density at radius 1 is 1.12 bits per heavy atom. The molecule has 0 heterocycles. The van der Waals surface area contributed by atoms with E-state index in [2.05, 4.69) is 47.3 Å². The van der Waals surface area contributed by atoms with Gasteiger partial charge in [-0.05, 0) is 129 Å². The number of allylic oxidation sites excluding steroid dienone is 2. The molecule has 4 aliphatic rings. The van der Waals surface area contributed by atoms with Crippen molar-refractivity contribution in [1.29, 1.82) is 0 Å². The fourth-order valence-electron chi connectivity index (χ4n) is 9.84. The number of hydrogen-bond acceptors (Lipinski definition) is 1. The monoisotopic (exact) mass is 467 g/mol. The molecule has 0 bridgehead atoms. The molecular weight excluding hydrogens is 410 g/mol. The Morgan fingerprint density at radius 2 is 1.91 bits per heavy atom. The summed E-state index contributed by atoms with van der Waals surface area (Å²) in [5, 5.41) is 0. The first-order chi connectivity index (χ1) is 16.2. The van der Waals surface area contributed by atoms with Crippen molar-refractivity contribution >= 4 is 0 Å². The lowest BCUT2D eigenvalue weighted by molar-refractivity contribution is -0.0457. The quantitative estimate of drug-likeness (QED) is 0.318. The van der Waals surface area contributed by atoms with Gasteiger partial charge < -0.3 is 5.73 Å². The van der Waals surface area contributed by atoms with Crippen LogP contribution in [0.5, 0.6) is 0 Å². The molecule has 0 aliphatic heterocycles. The highest BCUT2D eigenvalue weighted by Gasteiger charge is 2.58. The molecule has 0 aromatic heterocycles. The van der Waals surface area contributed by atoms with Gasteiger partial charge >= 0.3 is 0 Å². The fourth-order valence-corrected chi connectivity index (χ4v) is 9.84. The van der Waals surface area contributed by atoms with Crippen LogP contribution in [0.1, 0.15) is 125 Å². The largest absolute Gasteiger partial charge is 0.330 e.